The zero-order valence-electron chi connectivity index (χ0n) is 14.1. The van der Waals surface area contributed by atoms with Gasteiger partial charge in [-0.1, -0.05) is 12.1 Å². The van der Waals surface area contributed by atoms with Gasteiger partial charge in [0.05, 0.1) is 12.8 Å². The monoisotopic (exact) mass is 357 g/mol. The van der Waals surface area contributed by atoms with E-state index < -0.39 is 17.5 Å². The Morgan fingerprint density at radius 1 is 1.23 bits per heavy atom. The third-order valence-corrected chi connectivity index (χ3v) is 3.53. The molecule has 5 nitrogen and oxygen atoms in total. The lowest BCUT2D eigenvalue weighted by Gasteiger charge is -2.07. The van der Waals surface area contributed by atoms with Crippen molar-refractivity contribution in [2.24, 2.45) is 0 Å². The second kappa shape index (κ2) is 9.18. The van der Waals surface area contributed by atoms with E-state index >= 15 is 0 Å². The molecule has 0 spiro atoms. The fourth-order valence-electron chi connectivity index (χ4n) is 2.11. The summed E-state index contributed by atoms with van der Waals surface area (Å²) in [6.07, 6.45) is 1.66. The molecule has 0 fully saturated rings. The summed E-state index contributed by atoms with van der Waals surface area (Å²) < 4.78 is 31.5. The van der Waals surface area contributed by atoms with Crippen molar-refractivity contribution in [1.29, 1.82) is 5.26 Å². The molecule has 2 aromatic rings. The van der Waals surface area contributed by atoms with Crippen LogP contribution in [0.3, 0.4) is 0 Å². The highest BCUT2D eigenvalue weighted by Gasteiger charge is 2.09. The summed E-state index contributed by atoms with van der Waals surface area (Å²) in [5, 5.41) is 14.2. The second-order valence-electron chi connectivity index (χ2n) is 5.29. The topological polar surface area (TPSA) is 74.1 Å². The molecule has 7 heteroatoms. The molecule has 2 N–H and O–H groups in total. The lowest BCUT2D eigenvalue weighted by molar-refractivity contribution is -0.117. The molecular weight excluding hydrogens is 340 g/mol. The number of nitrogens with one attached hydrogen (secondary N) is 2. The number of amides is 1. The molecule has 0 bridgehead atoms. The quantitative estimate of drug-likeness (QED) is 0.590. The Kier molecular flexibility index (Phi) is 6.68. The van der Waals surface area contributed by atoms with Crippen molar-refractivity contribution >= 4 is 11.6 Å². The predicted octanol–water partition coefficient (Wildman–Crippen LogP) is 3.15. The first-order chi connectivity index (χ1) is 12.5. The maximum atomic E-state index is 13.5. The molecule has 2 aromatic carbocycles. The summed E-state index contributed by atoms with van der Waals surface area (Å²) in [6, 6.07) is 12.1. The molecule has 0 aliphatic rings. The zero-order chi connectivity index (χ0) is 18.9. The average molecular weight is 357 g/mol. The van der Waals surface area contributed by atoms with E-state index in [1.165, 1.54) is 6.07 Å². The zero-order valence-corrected chi connectivity index (χ0v) is 14.1. The molecule has 2 rings (SSSR count). The molecule has 0 saturated carbocycles. The number of rotatable bonds is 7. The fraction of sp³-hybridized carbons (Fsp3) is 0.158. The van der Waals surface area contributed by atoms with E-state index in [4.69, 9.17) is 10.00 Å². The molecule has 26 heavy (non-hydrogen) atoms. The smallest absolute Gasteiger partial charge is 0.263 e. The standard InChI is InChI=1S/C19H17F2N3O2/c1-26-16-5-2-13(3-6-16)8-9-23-19(25)14(11-22)12-24-18-7-4-15(20)10-17(18)21/h2-7,10,12,24H,8-9H2,1H3,(H,23,25)/b14-12-. The van der Waals surface area contributed by atoms with E-state index in [2.05, 4.69) is 10.6 Å². The normalized spacial score (nSPS) is 10.8. The summed E-state index contributed by atoms with van der Waals surface area (Å²) in [5.41, 5.74) is 0.744. The van der Waals surface area contributed by atoms with Crippen LogP contribution in [0.25, 0.3) is 0 Å². The number of halogens is 2. The van der Waals surface area contributed by atoms with Gasteiger partial charge in [0.15, 0.2) is 0 Å². The van der Waals surface area contributed by atoms with Gasteiger partial charge in [-0.2, -0.15) is 5.26 Å². The van der Waals surface area contributed by atoms with Crippen molar-refractivity contribution in [1.82, 2.24) is 5.32 Å². The third-order valence-electron chi connectivity index (χ3n) is 3.53. The van der Waals surface area contributed by atoms with Crippen LogP contribution in [0.15, 0.2) is 54.2 Å². The van der Waals surface area contributed by atoms with Crippen LogP contribution >= 0.6 is 0 Å². The second-order valence-corrected chi connectivity index (χ2v) is 5.29. The van der Waals surface area contributed by atoms with Gasteiger partial charge in [0.25, 0.3) is 5.91 Å². The maximum absolute atomic E-state index is 13.5. The molecule has 1 amide bonds. The highest BCUT2D eigenvalue weighted by atomic mass is 19.1. The molecule has 0 aromatic heterocycles. The number of anilines is 1. The Hall–Kier alpha value is -3.40. The van der Waals surface area contributed by atoms with Crippen molar-refractivity contribution < 1.29 is 18.3 Å². The first kappa shape index (κ1) is 18.9. The Morgan fingerprint density at radius 3 is 2.58 bits per heavy atom. The van der Waals surface area contributed by atoms with Gasteiger partial charge in [-0.25, -0.2) is 8.78 Å². The van der Waals surface area contributed by atoms with E-state index in [0.29, 0.717) is 19.0 Å². The van der Waals surface area contributed by atoms with Gasteiger partial charge in [0.1, 0.15) is 29.0 Å². The molecule has 0 aliphatic heterocycles. The molecule has 0 saturated heterocycles. The van der Waals surface area contributed by atoms with E-state index in [1.54, 1.807) is 13.2 Å². The Morgan fingerprint density at radius 2 is 1.96 bits per heavy atom. The Bertz CT molecular complexity index is 843. The van der Waals surface area contributed by atoms with Crippen LogP contribution in [0.2, 0.25) is 0 Å². The van der Waals surface area contributed by atoms with Crippen LogP contribution in [0.5, 0.6) is 5.75 Å². The van der Waals surface area contributed by atoms with Gasteiger partial charge in [-0.05, 0) is 36.2 Å². The molecule has 134 valence electrons. The summed E-state index contributed by atoms with van der Waals surface area (Å²) in [5.74, 6) is -1.38. The van der Waals surface area contributed by atoms with E-state index in [-0.39, 0.29) is 11.3 Å². The van der Waals surface area contributed by atoms with Crippen LogP contribution in [-0.2, 0) is 11.2 Å². The largest absolute Gasteiger partial charge is 0.497 e. The lowest BCUT2D eigenvalue weighted by Crippen LogP contribution is -2.27. The van der Waals surface area contributed by atoms with Gasteiger partial charge in [0.2, 0.25) is 0 Å². The number of hydrogen-bond acceptors (Lipinski definition) is 4. The van der Waals surface area contributed by atoms with E-state index in [0.717, 1.165) is 23.6 Å². The molecular formula is C19H17F2N3O2. The van der Waals surface area contributed by atoms with Crippen molar-refractivity contribution in [3.8, 4) is 11.8 Å². The molecule has 0 unspecified atom stereocenters. The van der Waals surface area contributed by atoms with Gasteiger partial charge >= 0.3 is 0 Å². The first-order valence-electron chi connectivity index (χ1n) is 7.76. The Balaban J connectivity index is 1.90. The number of nitriles is 1. The SMILES string of the molecule is COc1ccc(CCNC(=O)/C(C#N)=C\Nc2ccc(F)cc2F)cc1. The number of hydrogen-bond donors (Lipinski definition) is 2. The number of carbonyl (C=O) groups excluding carboxylic acids is 1. The molecule has 0 aliphatic carbocycles. The van der Waals surface area contributed by atoms with Gasteiger partial charge < -0.3 is 15.4 Å². The van der Waals surface area contributed by atoms with E-state index in [9.17, 15) is 13.6 Å². The maximum Gasteiger partial charge on any atom is 0.263 e. The lowest BCUT2D eigenvalue weighted by atomic mass is 10.1. The van der Waals surface area contributed by atoms with Gasteiger partial charge in [-0.15, -0.1) is 0 Å². The van der Waals surface area contributed by atoms with Crippen LogP contribution < -0.4 is 15.4 Å². The summed E-state index contributed by atoms with van der Waals surface area (Å²) in [7, 11) is 1.58. The van der Waals surface area contributed by atoms with Crippen molar-refractivity contribution in [3.63, 3.8) is 0 Å². The third kappa shape index (κ3) is 5.31. The summed E-state index contributed by atoms with van der Waals surface area (Å²) in [4.78, 5) is 12.0. The predicted molar refractivity (Wildman–Crippen MR) is 93.4 cm³/mol. The minimum Gasteiger partial charge on any atom is -0.497 e. The van der Waals surface area contributed by atoms with Crippen LogP contribution in [0.4, 0.5) is 14.5 Å². The molecule has 0 atom stereocenters. The highest BCUT2D eigenvalue weighted by Crippen LogP contribution is 2.15. The number of ether oxygens (including phenoxy) is 1. The highest BCUT2D eigenvalue weighted by molar-refractivity contribution is 5.97. The number of benzene rings is 2. The minimum absolute atomic E-state index is 0.0369. The number of carbonyl (C=O) groups is 1. The summed E-state index contributed by atoms with van der Waals surface area (Å²) >= 11 is 0. The molecule has 0 heterocycles. The first-order valence-corrected chi connectivity index (χ1v) is 7.76. The van der Waals surface area contributed by atoms with Gasteiger partial charge in [-0.3, -0.25) is 4.79 Å². The van der Waals surface area contributed by atoms with Crippen LogP contribution in [0.1, 0.15) is 5.56 Å². The van der Waals surface area contributed by atoms with Crippen LogP contribution in [-0.4, -0.2) is 19.6 Å². The molecule has 0 radical (unpaired) electrons. The fourth-order valence-corrected chi connectivity index (χ4v) is 2.11. The minimum atomic E-state index is -0.821. The van der Waals surface area contributed by atoms with Crippen molar-refractivity contribution in [3.05, 3.63) is 71.4 Å². The number of nitrogens with zero attached hydrogens (tertiary/aromatic N) is 1. The average Bonchev–Trinajstić information content (AvgIpc) is 2.64. The number of methoxy groups -OCH3 is 1. The van der Waals surface area contributed by atoms with Gasteiger partial charge in [0, 0.05) is 18.8 Å². The summed E-state index contributed by atoms with van der Waals surface area (Å²) in [6.45, 7) is 0.328. The van der Waals surface area contributed by atoms with Crippen molar-refractivity contribution in [2.75, 3.05) is 19.0 Å². The van der Waals surface area contributed by atoms with Crippen LogP contribution in [0, 0.1) is 23.0 Å². The van der Waals surface area contributed by atoms with E-state index in [1.807, 2.05) is 24.3 Å². The Labute approximate surface area is 149 Å². The van der Waals surface area contributed by atoms with Crippen molar-refractivity contribution in [2.45, 2.75) is 6.42 Å².